The zero-order valence-corrected chi connectivity index (χ0v) is 11.1. The molecule has 0 spiro atoms. The van der Waals surface area contributed by atoms with Crippen molar-refractivity contribution >= 4 is 5.82 Å². The van der Waals surface area contributed by atoms with E-state index in [0.717, 1.165) is 36.3 Å². The summed E-state index contributed by atoms with van der Waals surface area (Å²) in [6, 6.07) is 4.26. The number of pyridine rings is 2. The minimum absolute atomic E-state index is 0.533. The Balaban J connectivity index is 2.05. The van der Waals surface area contributed by atoms with Gasteiger partial charge in [0, 0.05) is 36.3 Å². The van der Waals surface area contributed by atoms with E-state index in [1.54, 1.807) is 0 Å². The Bertz CT molecular complexity index is 594. The van der Waals surface area contributed by atoms with Crippen molar-refractivity contribution in [3.63, 3.8) is 0 Å². The fourth-order valence-electron chi connectivity index (χ4n) is 2.63. The third kappa shape index (κ3) is 2.19. The highest BCUT2D eigenvalue weighted by atomic mass is 15.2. The number of rotatable bonds is 2. The smallest absolute Gasteiger partial charge is 0.132 e. The average Bonchev–Trinajstić information content (AvgIpc) is 2.46. The third-order valence-corrected chi connectivity index (χ3v) is 3.69. The van der Waals surface area contributed by atoms with E-state index in [4.69, 9.17) is 5.73 Å². The molecule has 4 heteroatoms. The van der Waals surface area contributed by atoms with Crippen molar-refractivity contribution in [1.82, 2.24) is 9.97 Å². The van der Waals surface area contributed by atoms with Crippen LogP contribution >= 0.6 is 0 Å². The SMILES string of the molecule is Cc1ccncc1-c1cnc2c(c1)CCCN2CN. The Labute approximate surface area is 113 Å². The molecule has 2 aromatic rings. The lowest BCUT2D eigenvalue weighted by molar-refractivity contribution is 0.686. The molecule has 0 amide bonds. The van der Waals surface area contributed by atoms with E-state index in [1.807, 2.05) is 24.7 Å². The van der Waals surface area contributed by atoms with Crippen molar-refractivity contribution in [2.24, 2.45) is 5.73 Å². The normalized spacial score (nSPS) is 14.3. The van der Waals surface area contributed by atoms with Gasteiger partial charge in [-0.05, 0) is 43.0 Å². The van der Waals surface area contributed by atoms with E-state index in [9.17, 15) is 0 Å². The van der Waals surface area contributed by atoms with Gasteiger partial charge in [-0.1, -0.05) is 0 Å². The summed E-state index contributed by atoms with van der Waals surface area (Å²) < 4.78 is 0. The Morgan fingerprint density at radius 3 is 3.05 bits per heavy atom. The van der Waals surface area contributed by atoms with E-state index in [0.29, 0.717) is 6.67 Å². The standard InChI is InChI=1S/C15H18N4/c1-11-4-5-17-9-14(11)13-7-12-3-2-6-19(10-16)15(12)18-8-13/h4-5,7-9H,2-3,6,10,16H2,1H3. The summed E-state index contributed by atoms with van der Waals surface area (Å²) in [6.45, 7) is 3.63. The molecule has 4 nitrogen and oxygen atoms in total. The van der Waals surface area contributed by atoms with Crippen molar-refractivity contribution in [3.05, 3.63) is 41.9 Å². The minimum atomic E-state index is 0.533. The number of anilines is 1. The van der Waals surface area contributed by atoms with Gasteiger partial charge in [0.2, 0.25) is 0 Å². The number of hydrogen-bond acceptors (Lipinski definition) is 4. The lowest BCUT2D eigenvalue weighted by Gasteiger charge is -2.28. The number of nitrogens with two attached hydrogens (primary N) is 1. The van der Waals surface area contributed by atoms with E-state index in [2.05, 4.69) is 27.9 Å². The highest BCUT2D eigenvalue weighted by Gasteiger charge is 2.17. The van der Waals surface area contributed by atoms with Crippen LogP contribution in [0.2, 0.25) is 0 Å². The lowest BCUT2D eigenvalue weighted by atomic mass is 9.99. The zero-order valence-electron chi connectivity index (χ0n) is 11.1. The van der Waals surface area contributed by atoms with Crippen molar-refractivity contribution in [2.45, 2.75) is 19.8 Å². The summed E-state index contributed by atoms with van der Waals surface area (Å²) in [6.07, 6.45) is 7.87. The van der Waals surface area contributed by atoms with Crippen molar-refractivity contribution in [3.8, 4) is 11.1 Å². The van der Waals surface area contributed by atoms with Crippen LogP contribution in [-0.4, -0.2) is 23.2 Å². The van der Waals surface area contributed by atoms with E-state index >= 15 is 0 Å². The fraction of sp³-hybridized carbons (Fsp3) is 0.333. The summed E-state index contributed by atoms with van der Waals surface area (Å²) >= 11 is 0. The predicted molar refractivity (Wildman–Crippen MR) is 76.9 cm³/mol. The Hall–Kier alpha value is -1.94. The van der Waals surface area contributed by atoms with Gasteiger partial charge in [0.1, 0.15) is 5.82 Å². The predicted octanol–water partition coefficient (Wildman–Crippen LogP) is 2.12. The molecule has 0 saturated heterocycles. The first-order valence-corrected chi connectivity index (χ1v) is 6.64. The molecule has 3 heterocycles. The largest absolute Gasteiger partial charge is 0.344 e. The topological polar surface area (TPSA) is 55.0 Å². The third-order valence-electron chi connectivity index (χ3n) is 3.69. The van der Waals surface area contributed by atoms with Crippen LogP contribution in [0.25, 0.3) is 11.1 Å². The summed E-state index contributed by atoms with van der Waals surface area (Å²) in [5, 5.41) is 0. The number of nitrogens with zero attached hydrogens (tertiary/aromatic N) is 3. The van der Waals surface area contributed by atoms with Gasteiger partial charge in [0.05, 0.1) is 6.67 Å². The number of fused-ring (bicyclic) bond motifs is 1. The second kappa shape index (κ2) is 4.97. The molecule has 0 radical (unpaired) electrons. The van der Waals surface area contributed by atoms with Gasteiger partial charge in [-0.3, -0.25) is 4.98 Å². The van der Waals surface area contributed by atoms with Crippen LogP contribution in [0.15, 0.2) is 30.7 Å². The zero-order chi connectivity index (χ0) is 13.2. The van der Waals surface area contributed by atoms with E-state index in [-0.39, 0.29) is 0 Å². The molecule has 0 aliphatic carbocycles. The Morgan fingerprint density at radius 1 is 1.37 bits per heavy atom. The minimum Gasteiger partial charge on any atom is -0.344 e. The highest BCUT2D eigenvalue weighted by Crippen LogP contribution is 2.29. The van der Waals surface area contributed by atoms with Gasteiger partial charge in [-0.2, -0.15) is 0 Å². The average molecular weight is 254 g/mol. The maximum atomic E-state index is 5.77. The molecule has 0 saturated carbocycles. The molecule has 0 aromatic carbocycles. The molecule has 98 valence electrons. The van der Waals surface area contributed by atoms with E-state index < -0.39 is 0 Å². The van der Waals surface area contributed by atoms with Crippen molar-refractivity contribution < 1.29 is 0 Å². The van der Waals surface area contributed by atoms with Crippen LogP contribution < -0.4 is 10.6 Å². The van der Waals surface area contributed by atoms with Gasteiger partial charge in [0.25, 0.3) is 0 Å². The second-order valence-electron chi connectivity index (χ2n) is 4.95. The van der Waals surface area contributed by atoms with Crippen LogP contribution in [0.1, 0.15) is 17.5 Å². The number of aromatic nitrogens is 2. The summed E-state index contributed by atoms with van der Waals surface area (Å²) in [4.78, 5) is 11.0. The Kier molecular flexibility index (Phi) is 3.17. The van der Waals surface area contributed by atoms with Crippen LogP contribution in [0.3, 0.4) is 0 Å². The maximum Gasteiger partial charge on any atom is 0.132 e. The van der Waals surface area contributed by atoms with Gasteiger partial charge in [-0.15, -0.1) is 0 Å². The quantitative estimate of drug-likeness (QED) is 0.892. The molecule has 1 aliphatic rings. The van der Waals surface area contributed by atoms with Crippen LogP contribution in [0.4, 0.5) is 5.82 Å². The van der Waals surface area contributed by atoms with Crippen LogP contribution in [0, 0.1) is 6.92 Å². The summed E-state index contributed by atoms with van der Waals surface area (Å²) in [7, 11) is 0. The molecule has 2 N–H and O–H groups in total. The van der Waals surface area contributed by atoms with Crippen LogP contribution in [0.5, 0.6) is 0 Å². The second-order valence-corrected chi connectivity index (χ2v) is 4.95. The first kappa shape index (κ1) is 12.1. The monoisotopic (exact) mass is 254 g/mol. The molecule has 0 unspecified atom stereocenters. The van der Waals surface area contributed by atoms with Crippen molar-refractivity contribution in [1.29, 1.82) is 0 Å². The van der Waals surface area contributed by atoms with Gasteiger partial charge < -0.3 is 10.6 Å². The molecule has 0 bridgehead atoms. The first-order valence-electron chi connectivity index (χ1n) is 6.64. The molecule has 3 rings (SSSR count). The van der Waals surface area contributed by atoms with Gasteiger partial charge in [0.15, 0.2) is 0 Å². The summed E-state index contributed by atoms with van der Waals surface area (Å²) in [5.41, 5.74) is 10.6. The molecule has 19 heavy (non-hydrogen) atoms. The molecular weight excluding hydrogens is 236 g/mol. The molecule has 2 aromatic heterocycles. The number of hydrogen-bond donors (Lipinski definition) is 1. The van der Waals surface area contributed by atoms with E-state index in [1.165, 1.54) is 11.1 Å². The Morgan fingerprint density at radius 2 is 2.26 bits per heavy atom. The van der Waals surface area contributed by atoms with Gasteiger partial charge in [-0.25, -0.2) is 4.98 Å². The molecule has 0 atom stereocenters. The molecule has 1 aliphatic heterocycles. The van der Waals surface area contributed by atoms with Gasteiger partial charge >= 0.3 is 0 Å². The summed E-state index contributed by atoms with van der Waals surface area (Å²) in [5.74, 6) is 1.04. The van der Waals surface area contributed by atoms with Crippen molar-refractivity contribution in [2.75, 3.05) is 18.1 Å². The fourth-order valence-corrected chi connectivity index (χ4v) is 2.63. The number of aryl methyl sites for hydroxylation is 2. The first-order chi connectivity index (χ1) is 9.29. The maximum absolute atomic E-state index is 5.77. The molecular formula is C15H18N4. The lowest BCUT2D eigenvalue weighted by Crippen LogP contribution is -2.35. The van der Waals surface area contributed by atoms with Crippen LogP contribution in [-0.2, 0) is 6.42 Å². The molecule has 0 fully saturated rings. The highest BCUT2D eigenvalue weighted by molar-refractivity contribution is 5.68.